The molecule has 1 aromatic heterocycles. The average molecular weight is 355 g/mol. The molecule has 2 N–H and O–H groups in total. The van der Waals surface area contributed by atoms with E-state index in [1.165, 1.54) is 6.07 Å². The van der Waals surface area contributed by atoms with Crippen LogP contribution in [0.25, 0.3) is 0 Å². The summed E-state index contributed by atoms with van der Waals surface area (Å²) in [5.41, 5.74) is 0.918. The summed E-state index contributed by atoms with van der Waals surface area (Å²) in [5, 5.41) is 19.9. The molecule has 0 saturated heterocycles. The molecule has 0 fully saturated rings. The molecule has 92 valence electrons. The number of nitrogens with one attached hydrogen (secondary N) is 1. The lowest BCUT2D eigenvalue weighted by Crippen LogP contribution is -2.23. The van der Waals surface area contributed by atoms with Crippen LogP contribution in [-0.2, 0) is 6.54 Å². The van der Waals surface area contributed by atoms with E-state index in [2.05, 4.69) is 38.1 Å². The Kier molecular flexibility index (Phi) is 4.08. The van der Waals surface area contributed by atoms with Crippen LogP contribution in [0.15, 0.2) is 36.5 Å². The van der Waals surface area contributed by atoms with E-state index in [1.807, 2.05) is 0 Å². The molecule has 0 aliphatic carbocycles. The zero-order valence-corrected chi connectivity index (χ0v) is 11.5. The van der Waals surface area contributed by atoms with Crippen LogP contribution in [0.3, 0.4) is 0 Å². The third-order valence-corrected chi connectivity index (χ3v) is 2.93. The fourth-order valence-electron chi connectivity index (χ4n) is 1.38. The molecule has 0 aliphatic rings. The highest BCUT2D eigenvalue weighted by molar-refractivity contribution is 14.1. The van der Waals surface area contributed by atoms with Gasteiger partial charge in [0.25, 0.3) is 5.91 Å². The van der Waals surface area contributed by atoms with Crippen LogP contribution in [0.4, 0.5) is 0 Å². The molecule has 0 radical (unpaired) electrons. The highest BCUT2D eigenvalue weighted by Gasteiger charge is 2.11. The summed E-state index contributed by atoms with van der Waals surface area (Å²) in [4.78, 5) is 11.9. The minimum absolute atomic E-state index is 0.0351. The molecular weight excluding hydrogens is 345 g/mol. The quantitative estimate of drug-likeness (QED) is 0.823. The molecule has 0 spiro atoms. The molecule has 2 aromatic rings. The standard InChI is InChI=1S/C12H10IN3O2/c13-8-3-4-11(17)10(6-8)12(18)14-7-9-2-1-5-15-16-9/h1-6,17H,7H2,(H,14,18). The number of carbonyl (C=O) groups excluding carboxylic acids is 1. The molecule has 1 aromatic carbocycles. The Balaban J connectivity index is 2.06. The lowest BCUT2D eigenvalue weighted by atomic mass is 10.2. The Bertz CT molecular complexity index is 561. The summed E-state index contributed by atoms with van der Waals surface area (Å²) in [6.07, 6.45) is 1.57. The van der Waals surface area contributed by atoms with Gasteiger partial charge in [-0.3, -0.25) is 4.79 Å². The summed E-state index contributed by atoms with van der Waals surface area (Å²) in [6, 6.07) is 8.37. The predicted molar refractivity (Wildman–Crippen MR) is 74.0 cm³/mol. The molecule has 18 heavy (non-hydrogen) atoms. The van der Waals surface area contributed by atoms with Crippen molar-refractivity contribution in [3.05, 3.63) is 51.4 Å². The van der Waals surface area contributed by atoms with Gasteiger partial charge in [-0.2, -0.15) is 10.2 Å². The van der Waals surface area contributed by atoms with Crippen molar-refractivity contribution >= 4 is 28.5 Å². The SMILES string of the molecule is O=C(NCc1cccnn1)c1cc(I)ccc1O. The van der Waals surface area contributed by atoms with Crippen molar-refractivity contribution in [2.45, 2.75) is 6.54 Å². The number of nitrogens with zero attached hydrogens (tertiary/aromatic N) is 2. The number of benzene rings is 1. The van der Waals surface area contributed by atoms with Crippen LogP contribution in [0, 0.1) is 3.57 Å². The van der Waals surface area contributed by atoms with Gasteiger partial charge in [-0.15, -0.1) is 0 Å². The summed E-state index contributed by atoms with van der Waals surface area (Å²) in [5.74, 6) is -0.372. The fourth-order valence-corrected chi connectivity index (χ4v) is 1.88. The van der Waals surface area contributed by atoms with Gasteiger partial charge in [0.15, 0.2) is 0 Å². The Hall–Kier alpha value is -1.70. The van der Waals surface area contributed by atoms with Crippen LogP contribution in [-0.4, -0.2) is 21.2 Å². The maximum Gasteiger partial charge on any atom is 0.255 e. The number of aromatic hydroxyl groups is 1. The molecule has 0 atom stereocenters. The summed E-state index contributed by atoms with van der Waals surface area (Å²) >= 11 is 2.08. The number of aromatic nitrogens is 2. The van der Waals surface area contributed by atoms with Crippen LogP contribution in [0.5, 0.6) is 5.75 Å². The molecule has 5 nitrogen and oxygen atoms in total. The van der Waals surface area contributed by atoms with Crippen LogP contribution in [0.2, 0.25) is 0 Å². The zero-order chi connectivity index (χ0) is 13.0. The van der Waals surface area contributed by atoms with Crippen molar-refractivity contribution in [3.8, 4) is 5.75 Å². The molecule has 1 amide bonds. The molecule has 0 saturated carbocycles. The summed E-state index contributed by atoms with van der Waals surface area (Å²) in [6.45, 7) is 0.275. The molecule has 6 heteroatoms. The van der Waals surface area contributed by atoms with Gasteiger partial charge in [0.2, 0.25) is 0 Å². The average Bonchev–Trinajstić information content (AvgIpc) is 2.40. The van der Waals surface area contributed by atoms with Crippen molar-refractivity contribution in [2.24, 2.45) is 0 Å². The van der Waals surface area contributed by atoms with Gasteiger partial charge in [-0.25, -0.2) is 0 Å². The number of amides is 1. The molecule has 0 bridgehead atoms. The van der Waals surface area contributed by atoms with Crippen molar-refractivity contribution < 1.29 is 9.90 Å². The largest absolute Gasteiger partial charge is 0.507 e. The second-order valence-corrected chi connectivity index (χ2v) is 4.80. The van der Waals surface area contributed by atoms with Gasteiger partial charge in [0.05, 0.1) is 17.8 Å². The highest BCUT2D eigenvalue weighted by atomic mass is 127. The van der Waals surface area contributed by atoms with Gasteiger partial charge in [-0.1, -0.05) is 0 Å². The van der Waals surface area contributed by atoms with E-state index < -0.39 is 0 Å². The Morgan fingerprint density at radius 2 is 2.22 bits per heavy atom. The van der Waals surface area contributed by atoms with E-state index in [9.17, 15) is 9.90 Å². The lowest BCUT2D eigenvalue weighted by molar-refractivity contribution is 0.0947. The maximum absolute atomic E-state index is 11.9. The zero-order valence-electron chi connectivity index (χ0n) is 9.30. The number of phenolic OH excluding ortho intramolecular Hbond substituents is 1. The summed E-state index contributed by atoms with van der Waals surface area (Å²) < 4.78 is 0.884. The predicted octanol–water partition coefficient (Wildman–Crippen LogP) is 1.72. The topological polar surface area (TPSA) is 75.1 Å². The van der Waals surface area contributed by atoms with E-state index in [-0.39, 0.29) is 23.8 Å². The third-order valence-electron chi connectivity index (χ3n) is 2.26. The first kappa shape index (κ1) is 12.7. The number of halogens is 1. The van der Waals surface area contributed by atoms with Crippen LogP contribution < -0.4 is 5.32 Å². The first-order valence-electron chi connectivity index (χ1n) is 5.20. The monoisotopic (exact) mass is 355 g/mol. The van der Waals surface area contributed by atoms with Gasteiger partial charge in [0, 0.05) is 9.77 Å². The van der Waals surface area contributed by atoms with Crippen molar-refractivity contribution in [1.29, 1.82) is 0 Å². The number of carbonyl (C=O) groups is 1. The summed E-state index contributed by atoms with van der Waals surface area (Å²) in [7, 11) is 0. The van der Waals surface area contributed by atoms with E-state index >= 15 is 0 Å². The third kappa shape index (κ3) is 3.16. The van der Waals surface area contributed by atoms with Gasteiger partial charge in [0.1, 0.15) is 5.75 Å². The van der Waals surface area contributed by atoms with Gasteiger partial charge < -0.3 is 10.4 Å². The van der Waals surface area contributed by atoms with Gasteiger partial charge in [-0.05, 0) is 52.9 Å². The van der Waals surface area contributed by atoms with E-state index in [1.54, 1.807) is 30.5 Å². The minimum atomic E-state index is -0.336. The van der Waals surface area contributed by atoms with E-state index in [0.29, 0.717) is 5.69 Å². The lowest BCUT2D eigenvalue weighted by Gasteiger charge is -2.06. The number of rotatable bonds is 3. The Morgan fingerprint density at radius 1 is 1.39 bits per heavy atom. The Morgan fingerprint density at radius 3 is 2.94 bits per heavy atom. The Labute approximate surface area is 117 Å². The van der Waals surface area contributed by atoms with Crippen molar-refractivity contribution in [3.63, 3.8) is 0 Å². The normalized spacial score (nSPS) is 10.1. The van der Waals surface area contributed by atoms with Crippen molar-refractivity contribution in [1.82, 2.24) is 15.5 Å². The molecule has 1 heterocycles. The molecular formula is C12H10IN3O2. The smallest absolute Gasteiger partial charge is 0.255 e. The van der Waals surface area contributed by atoms with E-state index in [4.69, 9.17) is 0 Å². The van der Waals surface area contributed by atoms with Crippen LogP contribution in [0.1, 0.15) is 16.1 Å². The second kappa shape index (κ2) is 5.76. The number of phenols is 1. The highest BCUT2D eigenvalue weighted by Crippen LogP contribution is 2.19. The molecule has 0 unspecified atom stereocenters. The number of hydrogen-bond donors (Lipinski definition) is 2. The maximum atomic E-state index is 11.9. The first-order chi connectivity index (χ1) is 8.66. The van der Waals surface area contributed by atoms with E-state index in [0.717, 1.165) is 3.57 Å². The van der Waals surface area contributed by atoms with Crippen LogP contribution >= 0.6 is 22.6 Å². The van der Waals surface area contributed by atoms with Crippen molar-refractivity contribution in [2.75, 3.05) is 0 Å². The minimum Gasteiger partial charge on any atom is -0.507 e. The van der Waals surface area contributed by atoms with Gasteiger partial charge >= 0.3 is 0 Å². The molecule has 0 aliphatic heterocycles. The first-order valence-corrected chi connectivity index (χ1v) is 6.28. The molecule has 2 rings (SSSR count). The number of hydrogen-bond acceptors (Lipinski definition) is 4. The fraction of sp³-hybridized carbons (Fsp3) is 0.0833. The second-order valence-electron chi connectivity index (χ2n) is 3.56.